The molecule has 1 heterocycles. The molecule has 0 unspecified atom stereocenters. The molecule has 0 bridgehead atoms. The molecule has 2 aromatic carbocycles. The Hall–Kier alpha value is -2.40. The van der Waals surface area contributed by atoms with E-state index in [-0.39, 0.29) is 5.91 Å². The van der Waals surface area contributed by atoms with Crippen molar-refractivity contribution in [2.24, 2.45) is 0 Å². The highest BCUT2D eigenvalue weighted by Gasteiger charge is 2.12. The van der Waals surface area contributed by atoms with E-state index in [4.69, 9.17) is 5.73 Å². The lowest BCUT2D eigenvalue weighted by atomic mass is 10.1. The predicted octanol–water partition coefficient (Wildman–Crippen LogP) is 3.72. The number of nitrogens with two attached hydrogens (primary N) is 1. The van der Waals surface area contributed by atoms with Crippen LogP contribution in [0.15, 0.2) is 53.6 Å². The van der Waals surface area contributed by atoms with Gasteiger partial charge in [0.15, 0.2) is 0 Å². The maximum Gasteiger partial charge on any atom is 0.257 e. The fourth-order valence-corrected chi connectivity index (χ4v) is 2.68. The van der Waals surface area contributed by atoms with Crippen LogP contribution in [0.1, 0.15) is 10.4 Å². The van der Waals surface area contributed by atoms with Crippen molar-refractivity contribution in [2.45, 2.75) is 4.90 Å². The summed E-state index contributed by atoms with van der Waals surface area (Å²) in [6.07, 6.45) is 3.71. The van der Waals surface area contributed by atoms with Gasteiger partial charge in [0.2, 0.25) is 0 Å². The predicted molar refractivity (Wildman–Crippen MR) is 88.9 cm³/mol. The van der Waals surface area contributed by atoms with Gasteiger partial charge in [0.05, 0.1) is 5.56 Å². The molecule has 0 fully saturated rings. The van der Waals surface area contributed by atoms with Crippen LogP contribution in [0, 0.1) is 0 Å². The number of carbonyl (C=O) groups is 1. The van der Waals surface area contributed by atoms with Gasteiger partial charge >= 0.3 is 0 Å². The minimum atomic E-state index is -0.148. The average Bonchev–Trinajstić information content (AvgIpc) is 2.90. The van der Waals surface area contributed by atoms with Crippen molar-refractivity contribution in [3.05, 3.63) is 54.2 Å². The van der Waals surface area contributed by atoms with Crippen LogP contribution in [0.25, 0.3) is 10.9 Å². The zero-order valence-corrected chi connectivity index (χ0v) is 12.3. The summed E-state index contributed by atoms with van der Waals surface area (Å²) in [7, 11) is 0. The Morgan fingerprint density at radius 2 is 2.10 bits per heavy atom. The molecule has 0 radical (unpaired) electrons. The average molecular weight is 297 g/mol. The first kappa shape index (κ1) is 13.6. The smallest absolute Gasteiger partial charge is 0.257 e. The number of hydrogen-bond acceptors (Lipinski definition) is 3. The third-order valence-electron chi connectivity index (χ3n) is 3.28. The molecule has 4 nitrogen and oxygen atoms in total. The van der Waals surface area contributed by atoms with Crippen LogP contribution >= 0.6 is 11.8 Å². The van der Waals surface area contributed by atoms with E-state index in [0.717, 1.165) is 21.5 Å². The number of benzene rings is 2. The van der Waals surface area contributed by atoms with Crippen LogP contribution in [0.3, 0.4) is 0 Å². The highest BCUT2D eigenvalue weighted by molar-refractivity contribution is 7.98. The number of aromatic nitrogens is 1. The van der Waals surface area contributed by atoms with Crippen molar-refractivity contribution in [3.8, 4) is 0 Å². The Labute approximate surface area is 126 Å². The lowest BCUT2D eigenvalue weighted by Crippen LogP contribution is -2.11. The molecule has 0 saturated heterocycles. The third kappa shape index (κ3) is 2.73. The normalized spacial score (nSPS) is 10.7. The van der Waals surface area contributed by atoms with Gasteiger partial charge in [-0.3, -0.25) is 4.79 Å². The number of nitrogen functional groups attached to an aromatic ring is 1. The van der Waals surface area contributed by atoms with Crippen LogP contribution < -0.4 is 11.1 Å². The molecule has 4 N–H and O–H groups in total. The number of H-pyrrole nitrogens is 1. The Morgan fingerprint density at radius 3 is 2.90 bits per heavy atom. The number of thioether (sulfide) groups is 1. The van der Waals surface area contributed by atoms with Gasteiger partial charge in [-0.2, -0.15) is 0 Å². The quantitative estimate of drug-likeness (QED) is 0.509. The van der Waals surface area contributed by atoms with Gasteiger partial charge < -0.3 is 16.0 Å². The lowest BCUT2D eigenvalue weighted by Gasteiger charge is -2.06. The number of aromatic amines is 1. The van der Waals surface area contributed by atoms with Crippen LogP contribution in [0.4, 0.5) is 11.4 Å². The monoisotopic (exact) mass is 297 g/mol. The van der Waals surface area contributed by atoms with E-state index >= 15 is 0 Å². The Balaban J connectivity index is 1.91. The molecule has 0 aliphatic heterocycles. The van der Waals surface area contributed by atoms with Crippen molar-refractivity contribution in [1.82, 2.24) is 4.98 Å². The summed E-state index contributed by atoms with van der Waals surface area (Å²) < 4.78 is 0. The highest BCUT2D eigenvalue weighted by atomic mass is 32.2. The Morgan fingerprint density at radius 1 is 1.24 bits per heavy atom. The maximum absolute atomic E-state index is 12.4. The SMILES string of the molecule is CSc1cccc(NC(=O)c2c[nH]c3ccc(N)cc23)c1. The fraction of sp³-hybridized carbons (Fsp3) is 0.0625. The second-order valence-corrected chi connectivity index (χ2v) is 5.57. The van der Waals surface area contributed by atoms with Gasteiger partial charge in [0, 0.05) is 33.4 Å². The summed E-state index contributed by atoms with van der Waals surface area (Å²) in [5.41, 5.74) is 8.70. The van der Waals surface area contributed by atoms with E-state index in [1.165, 1.54) is 0 Å². The number of rotatable bonds is 3. The topological polar surface area (TPSA) is 70.9 Å². The first-order chi connectivity index (χ1) is 10.2. The van der Waals surface area contributed by atoms with E-state index in [2.05, 4.69) is 10.3 Å². The molecule has 0 atom stereocenters. The largest absolute Gasteiger partial charge is 0.399 e. The zero-order chi connectivity index (χ0) is 14.8. The molecule has 0 saturated carbocycles. The van der Waals surface area contributed by atoms with Gasteiger partial charge in [-0.25, -0.2) is 0 Å². The van der Waals surface area contributed by atoms with E-state index in [1.807, 2.05) is 42.7 Å². The van der Waals surface area contributed by atoms with Gasteiger partial charge in [-0.1, -0.05) is 6.07 Å². The second kappa shape index (κ2) is 5.54. The zero-order valence-electron chi connectivity index (χ0n) is 11.5. The summed E-state index contributed by atoms with van der Waals surface area (Å²) in [5, 5.41) is 3.74. The maximum atomic E-state index is 12.4. The highest BCUT2D eigenvalue weighted by Crippen LogP contribution is 2.23. The van der Waals surface area contributed by atoms with E-state index in [0.29, 0.717) is 11.3 Å². The molecule has 3 aromatic rings. The molecule has 1 amide bonds. The van der Waals surface area contributed by atoms with E-state index < -0.39 is 0 Å². The molecular formula is C16H15N3OS. The minimum absolute atomic E-state index is 0.148. The van der Waals surface area contributed by atoms with E-state index in [9.17, 15) is 4.79 Å². The summed E-state index contributed by atoms with van der Waals surface area (Å²) in [4.78, 5) is 16.6. The molecule has 21 heavy (non-hydrogen) atoms. The summed E-state index contributed by atoms with van der Waals surface area (Å²) in [6, 6.07) is 13.2. The number of fused-ring (bicyclic) bond motifs is 1. The van der Waals surface area contributed by atoms with Crippen molar-refractivity contribution in [2.75, 3.05) is 17.3 Å². The van der Waals surface area contributed by atoms with Gasteiger partial charge in [0.25, 0.3) is 5.91 Å². The Kier molecular flexibility index (Phi) is 3.58. The molecule has 0 aliphatic carbocycles. The van der Waals surface area contributed by atoms with Crippen molar-refractivity contribution in [3.63, 3.8) is 0 Å². The van der Waals surface area contributed by atoms with Gasteiger partial charge in [-0.05, 0) is 42.7 Å². The number of carbonyl (C=O) groups excluding carboxylic acids is 1. The number of amides is 1. The number of nitrogens with one attached hydrogen (secondary N) is 2. The lowest BCUT2D eigenvalue weighted by molar-refractivity contribution is 0.102. The third-order valence-corrected chi connectivity index (χ3v) is 4.00. The summed E-state index contributed by atoms with van der Waals surface area (Å²) in [6.45, 7) is 0. The van der Waals surface area contributed by atoms with Crippen molar-refractivity contribution >= 4 is 39.9 Å². The minimum Gasteiger partial charge on any atom is -0.399 e. The first-order valence-electron chi connectivity index (χ1n) is 6.49. The fourth-order valence-electron chi connectivity index (χ4n) is 2.23. The van der Waals surface area contributed by atoms with Crippen LogP contribution in [-0.4, -0.2) is 17.1 Å². The van der Waals surface area contributed by atoms with Crippen LogP contribution in [-0.2, 0) is 0 Å². The molecule has 1 aromatic heterocycles. The van der Waals surface area contributed by atoms with Crippen molar-refractivity contribution in [1.29, 1.82) is 0 Å². The van der Waals surface area contributed by atoms with E-state index in [1.54, 1.807) is 24.0 Å². The van der Waals surface area contributed by atoms with Gasteiger partial charge in [0.1, 0.15) is 0 Å². The summed E-state index contributed by atoms with van der Waals surface area (Å²) >= 11 is 1.64. The summed E-state index contributed by atoms with van der Waals surface area (Å²) in [5.74, 6) is -0.148. The first-order valence-corrected chi connectivity index (χ1v) is 7.72. The van der Waals surface area contributed by atoms with Crippen LogP contribution in [0.5, 0.6) is 0 Å². The number of hydrogen-bond donors (Lipinski definition) is 3. The second-order valence-electron chi connectivity index (χ2n) is 4.69. The molecule has 3 rings (SSSR count). The molecule has 106 valence electrons. The Bertz CT molecular complexity index is 810. The molecular weight excluding hydrogens is 282 g/mol. The molecule has 0 spiro atoms. The number of anilines is 2. The molecule has 0 aliphatic rings. The standard InChI is InChI=1S/C16H15N3OS/c1-21-12-4-2-3-11(8-12)19-16(20)14-9-18-15-6-5-10(17)7-13(14)15/h2-9,18H,17H2,1H3,(H,19,20). The van der Waals surface area contributed by atoms with Gasteiger partial charge in [-0.15, -0.1) is 11.8 Å². The van der Waals surface area contributed by atoms with Crippen molar-refractivity contribution < 1.29 is 4.79 Å². The van der Waals surface area contributed by atoms with Crippen LogP contribution in [0.2, 0.25) is 0 Å². The molecule has 5 heteroatoms.